The summed E-state index contributed by atoms with van der Waals surface area (Å²) in [5, 5.41) is 2.42. The summed E-state index contributed by atoms with van der Waals surface area (Å²) in [6.07, 6.45) is 2.47. The summed E-state index contributed by atoms with van der Waals surface area (Å²) in [6.45, 7) is 22.7. The highest BCUT2D eigenvalue weighted by molar-refractivity contribution is 7.68. The summed E-state index contributed by atoms with van der Waals surface area (Å²) >= 11 is 0. The van der Waals surface area contributed by atoms with Crippen LogP contribution in [-0.2, 0) is 18.2 Å². The first-order valence-electron chi connectivity index (χ1n) is 14.1. The second-order valence-electron chi connectivity index (χ2n) is 13.7. The molecule has 4 nitrogen and oxygen atoms in total. The van der Waals surface area contributed by atoms with Crippen LogP contribution >= 0.6 is 8.15 Å². The molecule has 1 aliphatic rings. The molecular weight excluding hydrogens is 535 g/mol. The lowest BCUT2D eigenvalue weighted by Crippen LogP contribution is -2.53. The lowest BCUT2D eigenvalue weighted by atomic mass is 9.89. The minimum absolute atomic E-state index is 0.0225. The van der Waals surface area contributed by atoms with Crippen LogP contribution in [-0.4, -0.2) is 41.2 Å². The van der Waals surface area contributed by atoms with Gasteiger partial charge in [0.25, 0.3) is 0 Å². The van der Waals surface area contributed by atoms with E-state index in [1.807, 2.05) is 12.1 Å². The van der Waals surface area contributed by atoms with Crippen LogP contribution < -0.4 is 10.6 Å². The first-order chi connectivity index (χ1) is 18.0. The molecule has 0 bridgehead atoms. The number of carbonyl (C=O) groups is 1. The predicted octanol–water partition coefficient (Wildman–Crippen LogP) is 8.12. The second-order valence-corrected chi connectivity index (χ2v) is 25.1. The Morgan fingerprint density at radius 1 is 0.744 bits per heavy atom. The van der Waals surface area contributed by atoms with E-state index in [1.54, 1.807) is 0 Å². The van der Waals surface area contributed by atoms with Crippen LogP contribution in [0.5, 0.6) is 0 Å². The fourth-order valence-corrected chi connectivity index (χ4v) is 8.29. The van der Waals surface area contributed by atoms with E-state index in [4.69, 9.17) is 13.4 Å². The molecule has 0 saturated heterocycles. The van der Waals surface area contributed by atoms with Crippen molar-refractivity contribution in [2.75, 3.05) is 6.61 Å². The van der Waals surface area contributed by atoms with E-state index in [9.17, 15) is 4.79 Å². The molecule has 0 aromatic heterocycles. The number of ketones is 1. The van der Waals surface area contributed by atoms with Crippen LogP contribution in [0.3, 0.4) is 0 Å². The van der Waals surface area contributed by atoms with Crippen molar-refractivity contribution >= 4 is 41.2 Å². The Balaban J connectivity index is 1.86. The Hall–Kier alpha value is -1.41. The zero-order valence-corrected chi connectivity index (χ0v) is 28.6. The Kier molecular flexibility index (Phi) is 10.4. The maximum Gasteiger partial charge on any atom is 0.193 e. The summed E-state index contributed by atoms with van der Waals surface area (Å²) < 4.78 is 20.0. The standard InChI is InChI=1S/C32H49O4PSi2/c1-31(2,3)38(7,8)35-28-23-25(24-29(30(28)33)36-39(9,10)32(4,5)6)21-22-34-37(26-17-13-11-14-18-26)27-19-15-12-16-20-27/h11-21,28-29H,22-24H2,1-10H3/t28-,29+. The van der Waals surface area contributed by atoms with Crippen LogP contribution in [0, 0.1) is 0 Å². The van der Waals surface area contributed by atoms with E-state index in [0.29, 0.717) is 19.4 Å². The lowest BCUT2D eigenvalue weighted by molar-refractivity contribution is -0.135. The van der Waals surface area contributed by atoms with E-state index >= 15 is 0 Å². The quantitative estimate of drug-likeness (QED) is 0.170. The van der Waals surface area contributed by atoms with Gasteiger partial charge in [0.05, 0.1) is 14.8 Å². The van der Waals surface area contributed by atoms with E-state index < -0.39 is 37.0 Å². The molecule has 1 saturated carbocycles. The number of hydrogen-bond acceptors (Lipinski definition) is 4. The third-order valence-electron chi connectivity index (χ3n) is 8.57. The summed E-state index contributed by atoms with van der Waals surface area (Å²) in [6, 6.07) is 20.9. The molecule has 7 heteroatoms. The largest absolute Gasteiger partial charge is 0.406 e. The van der Waals surface area contributed by atoms with Gasteiger partial charge in [-0.2, -0.15) is 0 Å². The van der Waals surface area contributed by atoms with Crippen molar-refractivity contribution < 1.29 is 18.2 Å². The van der Waals surface area contributed by atoms with Crippen molar-refractivity contribution in [2.45, 2.75) is 103 Å². The normalized spacial score (nSPS) is 20.6. The Morgan fingerprint density at radius 3 is 1.49 bits per heavy atom. The minimum atomic E-state index is -2.15. The zero-order chi connectivity index (χ0) is 29.1. The maximum atomic E-state index is 13.8. The number of benzene rings is 2. The molecule has 0 spiro atoms. The monoisotopic (exact) mass is 584 g/mol. The molecule has 3 rings (SSSR count). The first-order valence-corrected chi connectivity index (χ1v) is 21.2. The summed E-state index contributed by atoms with van der Waals surface area (Å²) in [5.41, 5.74) is 1.19. The summed E-state index contributed by atoms with van der Waals surface area (Å²) in [5.74, 6) is 0.110. The minimum Gasteiger partial charge on any atom is -0.406 e. The molecular formula is C32H49O4PSi2. The van der Waals surface area contributed by atoms with E-state index in [0.717, 1.165) is 0 Å². The molecule has 2 atom stereocenters. The van der Waals surface area contributed by atoms with Crippen LogP contribution in [0.4, 0.5) is 0 Å². The molecule has 0 unspecified atom stereocenters. The van der Waals surface area contributed by atoms with Gasteiger partial charge in [0.15, 0.2) is 22.4 Å². The Bertz CT molecular complexity index is 1040. The highest BCUT2D eigenvalue weighted by atomic mass is 31.1. The predicted molar refractivity (Wildman–Crippen MR) is 171 cm³/mol. The van der Waals surface area contributed by atoms with E-state index in [-0.39, 0.29) is 15.9 Å². The molecule has 2 aromatic carbocycles. The summed E-state index contributed by atoms with van der Waals surface area (Å²) in [7, 11) is -5.24. The van der Waals surface area contributed by atoms with Crippen molar-refractivity contribution in [3.05, 3.63) is 72.3 Å². The molecule has 214 valence electrons. The van der Waals surface area contributed by atoms with Gasteiger partial charge in [-0.05, 0) is 36.3 Å². The van der Waals surface area contributed by atoms with Crippen LogP contribution in [0.2, 0.25) is 36.3 Å². The van der Waals surface area contributed by atoms with Crippen LogP contribution in [0.1, 0.15) is 54.4 Å². The van der Waals surface area contributed by atoms with Gasteiger partial charge in [-0.15, -0.1) is 0 Å². The molecule has 0 amide bonds. The molecule has 0 N–H and O–H groups in total. The average molecular weight is 585 g/mol. The van der Waals surface area contributed by atoms with Gasteiger partial charge in [-0.1, -0.05) is 114 Å². The fraction of sp³-hybridized carbons (Fsp3) is 0.531. The number of carbonyl (C=O) groups excluding carboxylic acids is 1. The van der Waals surface area contributed by atoms with Crippen LogP contribution in [0.15, 0.2) is 72.3 Å². The second kappa shape index (κ2) is 12.6. The third-order valence-corrected chi connectivity index (χ3v) is 19.5. The third kappa shape index (κ3) is 8.31. The molecule has 1 fully saturated rings. The Labute approximate surface area is 240 Å². The smallest absolute Gasteiger partial charge is 0.193 e. The molecule has 39 heavy (non-hydrogen) atoms. The molecule has 0 aliphatic heterocycles. The van der Waals surface area contributed by atoms with Crippen molar-refractivity contribution in [2.24, 2.45) is 0 Å². The number of hydrogen-bond donors (Lipinski definition) is 0. The Morgan fingerprint density at radius 2 is 1.13 bits per heavy atom. The topological polar surface area (TPSA) is 44.8 Å². The lowest BCUT2D eigenvalue weighted by Gasteiger charge is -2.44. The van der Waals surface area contributed by atoms with Crippen molar-refractivity contribution in [3.8, 4) is 0 Å². The van der Waals surface area contributed by atoms with E-state index in [1.165, 1.54) is 16.2 Å². The highest BCUT2D eigenvalue weighted by Gasteiger charge is 2.47. The van der Waals surface area contributed by atoms with Gasteiger partial charge >= 0.3 is 0 Å². The van der Waals surface area contributed by atoms with Gasteiger partial charge in [-0.25, -0.2) is 0 Å². The number of Topliss-reactive ketones (excluding diaryl/α,β-unsaturated/α-hetero) is 1. The van der Waals surface area contributed by atoms with Gasteiger partial charge in [0.2, 0.25) is 0 Å². The van der Waals surface area contributed by atoms with Crippen LogP contribution in [0.25, 0.3) is 0 Å². The van der Waals surface area contributed by atoms with Crippen molar-refractivity contribution in [1.82, 2.24) is 0 Å². The maximum absolute atomic E-state index is 13.8. The first kappa shape index (κ1) is 32.1. The van der Waals surface area contributed by atoms with Crippen molar-refractivity contribution in [3.63, 3.8) is 0 Å². The average Bonchev–Trinajstić information content (AvgIpc) is 2.84. The molecule has 2 aromatic rings. The molecule has 0 radical (unpaired) electrons. The number of rotatable bonds is 9. The SMILES string of the molecule is CC(C)(C)[Si](C)(C)O[C@H]1CC(=CCOP(c2ccccc2)c2ccccc2)C[C@@H](O[Si](C)(C)C(C)(C)C)C1=O. The highest BCUT2D eigenvalue weighted by Crippen LogP contribution is 2.42. The van der Waals surface area contributed by atoms with Gasteiger partial charge in [0.1, 0.15) is 12.2 Å². The van der Waals surface area contributed by atoms with Gasteiger partial charge in [-0.3, -0.25) is 4.79 Å². The van der Waals surface area contributed by atoms with Crippen molar-refractivity contribution in [1.29, 1.82) is 0 Å². The molecule has 0 heterocycles. The summed E-state index contributed by atoms with van der Waals surface area (Å²) in [4.78, 5) is 13.8. The van der Waals surface area contributed by atoms with Gasteiger partial charge in [0, 0.05) is 23.5 Å². The molecule has 1 aliphatic carbocycles. The van der Waals surface area contributed by atoms with Gasteiger partial charge < -0.3 is 13.4 Å². The fourth-order valence-electron chi connectivity index (χ4n) is 4.05. The zero-order valence-electron chi connectivity index (χ0n) is 25.7. The van der Waals surface area contributed by atoms with E-state index in [2.05, 4.69) is 122 Å².